The lowest BCUT2D eigenvalue weighted by atomic mass is 9.81. The van der Waals surface area contributed by atoms with Gasteiger partial charge in [0.25, 0.3) is 0 Å². The maximum absolute atomic E-state index is 11.6. The summed E-state index contributed by atoms with van der Waals surface area (Å²) in [6.45, 7) is 6.64. The highest BCUT2D eigenvalue weighted by Gasteiger charge is 2.27. The van der Waals surface area contributed by atoms with Gasteiger partial charge in [-0.1, -0.05) is 19.8 Å². The molecule has 124 valence electrons. The Morgan fingerprint density at radius 3 is 2.92 bits per heavy atom. The predicted molar refractivity (Wildman–Crippen MR) is 95.5 cm³/mol. The lowest BCUT2D eigenvalue weighted by molar-refractivity contribution is 0.0489. The van der Waals surface area contributed by atoms with Crippen LogP contribution >= 0.6 is 11.8 Å². The van der Waals surface area contributed by atoms with E-state index in [9.17, 15) is 4.79 Å². The summed E-state index contributed by atoms with van der Waals surface area (Å²) in [7, 11) is 0. The van der Waals surface area contributed by atoms with Crippen molar-refractivity contribution in [3.8, 4) is 11.8 Å². The molecule has 0 saturated carbocycles. The molecule has 0 saturated heterocycles. The minimum Gasteiger partial charge on any atom is -0.460 e. The molecule has 0 spiro atoms. The van der Waals surface area contributed by atoms with Crippen LogP contribution in [0, 0.1) is 11.8 Å². The summed E-state index contributed by atoms with van der Waals surface area (Å²) in [6.07, 6.45) is 1.17. The fraction of sp³-hybridized carbons (Fsp3) is 0.350. The normalized spacial score (nSPS) is 15.1. The van der Waals surface area contributed by atoms with Crippen molar-refractivity contribution in [2.75, 3.05) is 12.4 Å². The van der Waals surface area contributed by atoms with Crippen LogP contribution in [-0.4, -0.2) is 18.3 Å². The highest BCUT2D eigenvalue weighted by atomic mass is 32.2. The van der Waals surface area contributed by atoms with Gasteiger partial charge in [0.15, 0.2) is 5.76 Å². The number of carbonyl (C=O) groups is 1. The molecule has 2 heterocycles. The fourth-order valence-electron chi connectivity index (χ4n) is 2.66. The quantitative estimate of drug-likeness (QED) is 0.590. The van der Waals surface area contributed by atoms with Crippen molar-refractivity contribution in [1.82, 2.24) is 0 Å². The first-order valence-electron chi connectivity index (χ1n) is 8.06. The van der Waals surface area contributed by atoms with Crippen LogP contribution in [0.3, 0.4) is 0 Å². The average molecular weight is 340 g/mol. The summed E-state index contributed by atoms with van der Waals surface area (Å²) >= 11 is 1.91. The Hall–Kier alpha value is -2.12. The summed E-state index contributed by atoms with van der Waals surface area (Å²) in [4.78, 5) is 12.9. The Morgan fingerprint density at radius 1 is 1.29 bits per heavy atom. The van der Waals surface area contributed by atoms with Crippen molar-refractivity contribution >= 4 is 17.7 Å². The third kappa shape index (κ3) is 3.52. The maximum atomic E-state index is 11.6. The standard InChI is InChI=1S/C20H20O3S/c1-4-22-19(21)17-9-8-15(23-17)7-5-14-6-10-18-16(13-14)20(2,3)11-12-24-18/h6,8-10,13H,4,11-12H2,1-3H3. The van der Waals surface area contributed by atoms with Crippen molar-refractivity contribution < 1.29 is 13.9 Å². The van der Waals surface area contributed by atoms with Crippen LogP contribution in [0.15, 0.2) is 39.6 Å². The molecule has 0 amide bonds. The van der Waals surface area contributed by atoms with Gasteiger partial charge < -0.3 is 9.15 Å². The second-order valence-corrected chi connectivity index (χ2v) is 7.46. The van der Waals surface area contributed by atoms with Crippen LogP contribution in [0.5, 0.6) is 0 Å². The molecular weight excluding hydrogens is 320 g/mol. The SMILES string of the molecule is CCOC(=O)c1ccc(C#Cc2ccc3c(c2)C(C)(C)CCS3)o1. The van der Waals surface area contributed by atoms with Crippen LogP contribution in [0.2, 0.25) is 0 Å². The summed E-state index contributed by atoms with van der Waals surface area (Å²) < 4.78 is 10.3. The van der Waals surface area contributed by atoms with Crippen LogP contribution in [0.25, 0.3) is 0 Å². The van der Waals surface area contributed by atoms with Crippen molar-refractivity contribution in [1.29, 1.82) is 0 Å². The zero-order chi connectivity index (χ0) is 17.2. The smallest absolute Gasteiger partial charge is 0.374 e. The molecule has 1 aromatic carbocycles. The molecule has 1 aliphatic rings. The van der Waals surface area contributed by atoms with E-state index in [4.69, 9.17) is 9.15 Å². The molecule has 0 unspecified atom stereocenters. The number of esters is 1. The van der Waals surface area contributed by atoms with E-state index in [1.165, 1.54) is 16.9 Å². The van der Waals surface area contributed by atoms with Crippen LogP contribution in [-0.2, 0) is 10.2 Å². The lowest BCUT2D eigenvalue weighted by Gasteiger charge is -2.32. The molecule has 2 aromatic rings. The van der Waals surface area contributed by atoms with E-state index in [1.54, 1.807) is 19.1 Å². The number of carbonyl (C=O) groups excluding carboxylic acids is 1. The van der Waals surface area contributed by atoms with Gasteiger partial charge >= 0.3 is 5.97 Å². The van der Waals surface area contributed by atoms with Crippen molar-refractivity contribution in [3.63, 3.8) is 0 Å². The number of rotatable bonds is 2. The molecule has 3 rings (SSSR count). The van der Waals surface area contributed by atoms with Gasteiger partial charge in [-0.2, -0.15) is 0 Å². The van der Waals surface area contributed by atoms with E-state index in [-0.39, 0.29) is 11.2 Å². The summed E-state index contributed by atoms with van der Waals surface area (Å²) in [5.41, 5.74) is 2.50. The molecule has 24 heavy (non-hydrogen) atoms. The van der Waals surface area contributed by atoms with E-state index in [2.05, 4.69) is 37.8 Å². The molecule has 1 aromatic heterocycles. The molecular formula is C20H20O3S. The molecule has 0 fully saturated rings. The van der Waals surface area contributed by atoms with Crippen LogP contribution in [0.4, 0.5) is 0 Å². The third-order valence-corrected chi connectivity index (χ3v) is 5.18. The van der Waals surface area contributed by atoms with E-state index in [0.29, 0.717) is 12.4 Å². The van der Waals surface area contributed by atoms with E-state index >= 15 is 0 Å². The van der Waals surface area contributed by atoms with Gasteiger partial charge in [0, 0.05) is 10.5 Å². The predicted octanol–water partition coefficient (Wildman–Crippen LogP) is 4.63. The van der Waals surface area contributed by atoms with Crippen LogP contribution < -0.4 is 0 Å². The number of benzene rings is 1. The zero-order valence-corrected chi connectivity index (χ0v) is 15.0. The largest absolute Gasteiger partial charge is 0.460 e. The number of furan rings is 1. The van der Waals surface area contributed by atoms with E-state index < -0.39 is 5.97 Å². The maximum Gasteiger partial charge on any atom is 0.374 e. The molecule has 0 radical (unpaired) electrons. The van der Waals surface area contributed by atoms with Gasteiger partial charge in [0.2, 0.25) is 5.76 Å². The Balaban J connectivity index is 1.83. The van der Waals surface area contributed by atoms with Gasteiger partial charge in [0.05, 0.1) is 6.61 Å². The Morgan fingerprint density at radius 2 is 2.12 bits per heavy atom. The van der Waals surface area contributed by atoms with Crippen molar-refractivity contribution in [2.45, 2.75) is 37.5 Å². The molecule has 4 heteroatoms. The Labute approximate surface area is 146 Å². The minimum atomic E-state index is -0.460. The van der Waals surface area contributed by atoms with Gasteiger partial charge in [-0.25, -0.2) is 4.79 Å². The van der Waals surface area contributed by atoms with E-state index in [0.717, 1.165) is 11.3 Å². The third-order valence-electron chi connectivity index (χ3n) is 4.11. The lowest BCUT2D eigenvalue weighted by Crippen LogP contribution is -2.22. The fourth-order valence-corrected chi connectivity index (χ4v) is 4.15. The van der Waals surface area contributed by atoms with Gasteiger partial charge in [-0.3, -0.25) is 0 Å². The van der Waals surface area contributed by atoms with Gasteiger partial charge in [0.1, 0.15) is 0 Å². The number of fused-ring (bicyclic) bond motifs is 1. The zero-order valence-electron chi connectivity index (χ0n) is 14.1. The van der Waals surface area contributed by atoms with Gasteiger partial charge in [-0.05, 0) is 66.3 Å². The summed E-state index contributed by atoms with van der Waals surface area (Å²) in [6, 6.07) is 9.64. The summed E-state index contributed by atoms with van der Waals surface area (Å²) in [5.74, 6) is 7.46. The van der Waals surface area contributed by atoms with Crippen molar-refractivity contribution in [2.24, 2.45) is 0 Å². The minimum absolute atomic E-state index is 0.181. The van der Waals surface area contributed by atoms with E-state index in [1.807, 2.05) is 17.8 Å². The Kier molecular flexibility index (Phi) is 4.73. The topological polar surface area (TPSA) is 39.4 Å². The highest BCUT2D eigenvalue weighted by molar-refractivity contribution is 7.99. The Bertz CT molecular complexity index is 821. The molecule has 0 bridgehead atoms. The monoisotopic (exact) mass is 340 g/mol. The summed E-state index contributed by atoms with van der Waals surface area (Å²) in [5, 5.41) is 0. The molecule has 3 nitrogen and oxygen atoms in total. The molecule has 0 N–H and O–H groups in total. The highest BCUT2D eigenvalue weighted by Crippen LogP contribution is 2.41. The van der Waals surface area contributed by atoms with Crippen LogP contribution in [0.1, 0.15) is 54.6 Å². The van der Waals surface area contributed by atoms with Gasteiger partial charge in [-0.15, -0.1) is 11.8 Å². The average Bonchev–Trinajstić information content (AvgIpc) is 3.02. The number of thioether (sulfide) groups is 1. The first-order chi connectivity index (χ1) is 11.5. The molecule has 1 aliphatic heterocycles. The number of hydrogen-bond donors (Lipinski definition) is 0. The molecule has 0 aliphatic carbocycles. The van der Waals surface area contributed by atoms with Crippen molar-refractivity contribution in [3.05, 3.63) is 53.0 Å². The second-order valence-electron chi connectivity index (χ2n) is 6.33. The first kappa shape index (κ1) is 16.7. The first-order valence-corrected chi connectivity index (χ1v) is 9.04. The number of hydrogen-bond acceptors (Lipinski definition) is 4. The number of ether oxygens (including phenoxy) is 1. The second kappa shape index (κ2) is 6.78. The molecule has 0 atom stereocenters.